The average Bonchev–Trinajstić information content (AvgIpc) is 3.18. The molecule has 14 heteroatoms. The van der Waals surface area contributed by atoms with Crippen molar-refractivity contribution in [3.05, 3.63) is 41.7 Å². The van der Waals surface area contributed by atoms with Gasteiger partial charge < -0.3 is 15.8 Å². The lowest BCUT2D eigenvalue weighted by atomic mass is 9.89. The summed E-state index contributed by atoms with van der Waals surface area (Å²) in [6.07, 6.45) is 2.23. The molecule has 0 aromatic carbocycles. The Balaban J connectivity index is 1.67. The molecular weight excluding hydrogens is 475 g/mol. The van der Waals surface area contributed by atoms with Crippen LogP contribution in [-0.2, 0) is 15.3 Å². The number of carbonyl (C=O) groups is 1. The molecule has 0 bridgehead atoms. The van der Waals surface area contributed by atoms with Gasteiger partial charge in [-0.2, -0.15) is 8.78 Å². The molecule has 0 radical (unpaired) electrons. The van der Waals surface area contributed by atoms with Crippen molar-refractivity contribution in [3.8, 4) is 5.88 Å². The second kappa shape index (κ2) is 8.18. The van der Waals surface area contributed by atoms with Crippen molar-refractivity contribution in [1.29, 1.82) is 0 Å². The average molecular weight is 498 g/mol. The van der Waals surface area contributed by atoms with Gasteiger partial charge in [0.25, 0.3) is 5.91 Å². The molecule has 2 aromatic heterocycles. The molecule has 10 nitrogen and oxygen atoms in total. The summed E-state index contributed by atoms with van der Waals surface area (Å²) in [6.45, 7) is 2.25. The van der Waals surface area contributed by atoms with E-state index >= 15 is 4.39 Å². The van der Waals surface area contributed by atoms with Gasteiger partial charge in [-0.05, 0) is 39.3 Å². The van der Waals surface area contributed by atoms with Gasteiger partial charge in [0, 0.05) is 6.54 Å². The van der Waals surface area contributed by atoms with E-state index in [2.05, 4.69) is 34.4 Å². The van der Waals surface area contributed by atoms with Crippen molar-refractivity contribution in [2.75, 3.05) is 11.9 Å². The van der Waals surface area contributed by atoms with Gasteiger partial charge in [0.15, 0.2) is 0 Å². The first-order valence-corrected chi connectivity index (χ1v) is 11.8. The number of fused-ring (bicyclic) bond motifs is 1. The highest BCUT2D eigenvalue weighted by atomic mass is 32.2. The number of alkyl halides is 2. The van der Waals surface area contributed by atoms with Gasteiger partial charge in [-0.25, -0.2) is 27.9 Å². The number of rotatable bonds is 5. The zero-order valence-electron chi connectivity index (χ0n) is 18.5. The minimum Gasteiger partial charge on any atom is -0.415 e. The smallest absolute Gasteiger partial charge is 0.388 e. The summed E-state index contributed by atoms with van der Waals surface area (Å²) in [7, 11) is -2.90. The fourth-order valence-corrected chi connectivity index (χ4v) is 7.26. The molecule has 4 heterocycles. The van der Waals surface area contributed by atoms with Crippen LogP contribution in [0.5, 0.6) is 5.88 Å². The second-order valence-corrected chi connectivity index (χ2v) is 11.4. The van der Waals surface area contributed by atoms with E-state index in [9.17, 15) is 17.8 Å². The van der Waals surface area contributed by atoms with E-state index in [4.69, 9.17) is 5.73 Å². The van der Waals surface area contributed by atoms with E-state index in [1.165, 1.54) is 6.07 Å². The SMILES string of the molecule is CC1(C)C(N)=N[C@](C)(c2nc(NC(=O)c3cnc(OC(F)F)cn3)ccc2F)[C@@H]2CCN=S21=O. The predicted octanol–water partition coefficient (Wildman–Crippen LogP) is 2.47. The summed E-state index contributed by atoms with van der Waals surface area (Å²) in [5.74, 6) is -1.88. The van der Waals surface area contributed by atoms with Gasteiger partial charge in [0.1, 0.15) is 39.1 Å². The van der Waals surface area contributed by atoms with Crippen LogP contribution in [0, 0.1) is 5.82 Å². The number of aromatic nitrogens is 3. The first-order chi connectivity index (χ1) is 15.9. The fraction of sp³-hybridized carbons (Fsp3) is 0.450. The van der Waals surface area contributed by atoms with Crippen molar-refractivity contribution >= 4 is 27.3 Å². The van der Waals surface area contributed by atoms with Gasteiger partial charge >= 0.3 is 6.61 Å². The Morgan fingerprint density at radius 2 is 2.00 bits per heavy atom. The van der Waals surface area contributed by atoms with E-state index in [0.717, 1.165) is 18.5 Å². The van der Waals surface area contributed by atoms with Gasteiger partial charge in [-0.15, -0.1) is 0 Å². The van der Waals surface area contributed by atoms with Crippen molar-refractivity contribution in [2.45, 2.75) is 49.3 Å². The lowest BCUT2D eigenvalue weighted by Crippen LogP contribution is -2.58. The molecule has 2 aliphatic rings. The van der Waals surface area contributed by atoms with Crippen molar-refractivity contribution in [3.63, 3.8) is 0 Å². The number of pyridine rings is 1. The maximum atomic E-state index is 15.0. The van der Waals surface area contributed by atoms with Crippen LogP contribution in [0.25, 0.3) is 0 Å². The van der Waals surface area contributed by atoms with E-state index < -0.39 is 49.5 Å². The van der Waals surface area contributed by atoms with E-state index in [0.29, 0.717) is 13.0 Å². The van der Waals surface area contributed by atoms with Crippen LogP contribution in [0.1, 0.15) is 43.4 Å². The van der Waals surface area contributed by atoms with Crippen LogP contribution in [0.15, 0.2) is 33.9 Å². The number of aliphatic imine (C=N–C) groups is 1. The quantitative estimate of drug-likeness (QED) is 0.645. The highest BCUT2D eigenvalue weighted by molar-refractivity contribution is 7.96. The molecule has 2 aromatic rings. The predicted molar refractivity (Wildman–Crippen MR) is 118 cm³/mol. The highest BCUT2D eigenvalue weighted by Gasteiger charge is 2.57. The molecular formula is C20H22F3N7O3S. The molecule has 3 N–H and O–H groups in total. The summed E-state index contributed by atoms with van der Waals surface area (Å²) in [5, 5.41) is 1.82. The maximum absolute atomic E-state index is 15.0. The second-order valence-electron chi connectivity index (χ2n) is 8.45. The molecule has 1 amide bonds. The number of ether oxygens (including phenoxy) is 1. The lowest BCUT2D eigenvalue weighted by molar-refractivity contribution is -0.0531. The third-order valence-electron chi connectivity index (χ3n) is 6.03. The normalized spacial score (nSPS) is 27.5. The van der Waals surface area contributed by atoms with Crippen LogP contribution in [-0.4, -0.2) is 54.1 Å². The number of amidine groups is 1. The van der Waals surface area contributed by atoms with Crippen molar-refractivity contribution < 1.29 is 26.9 Å². The molecule has 1 unspecified atom stereocenters. The zero-order chi connectivity index (χ0) is 24.9. The monoisotopic (exact) mass is 497 g/mol. The molecule has 0 spiro atoms. The number of nitrogens with zero attached hydrogens (tertiary/aromatic N) is 5. The minimum atomic E-state index is -3.08. The fourth-order valence-electron chi connectivity index (χ4n) is 4.11. The summed E-state index contributed by atoms with van der Waals surface area (Å²) in [4.78, 5) is 28.6. The van der Waals surface area contributed by atoms with Gasteiger partial charge in [-0.1, -0.05) is 0 Å². The number of nitrogens with two attached hydrogens (primary N) is 1. The molecule has 2 aliphatic heterocycles. The molecule has 0 aliphatic carbocycles. The highest BCUT2D eigenvalue weighted by Crippen LogP contribution is 2.47. The third kappa shape index (κ3) is 3.75. The van der Waals surface area contributed by atoms with Crippen LogP contribution in [0.4, 0.5) is 19.0 Å². The first kappa shape index (κ1) is 23.9. The summed E-state index contributed by atoms with van der Waals surface area (Å²) < 4.78 is 60.8. The van der Waals surface area contributed by atoms with Crippen LogP contribution in [0.3, 0.4) is 0 Å². The van der Waals surface area contributed by atoms with Crippen molar-refractivity contribution in [2.24, 2.45) is 15.1 Å². The minimum absolute atomic E-state index is 0.0302. The molecule has 0 fully saturated rings. The number of amides is 1. The Morgan fingerprint density at radius 3 is 2.65 bits per heavy atom. The number of halogens is 3. The Bertz CT molecular complexity index is 1290. The number of anilines is 1. The van der Waals surface area contributed by atoms with Crippen LogP contribution >= 0.6 is 0 Å². The zero-order valence-corrected chi connectivity index (χ0v) is 19.3. The summed E-state index contributed by atoms with van der Waals surface area (Å²) in [6, 6.07) is 2.34. The Labute approximate surface area is 193 Å². The van der Waals surface area contributed by atoms with Gasteiger partial charge in [0.2, 0.25) is 5.88 Å². The Morgan fingerprint density at radius 1 is 1.26 bits per heavy atom. The third-order valence-corrected chi connectivity index (χ3v) is 9.73. The number of hydrogen-bond acceptors (Lipinski definition) is 9. The van der Waals surface area contributed by atoms with Gasteiger partial charge in [0.05, 0.1) is 27.4 Å². The Kier molecular flexibility index (Phi) is 5.74. The number of nitrogens with one attached hydrogen (secondary N) is 1. The Hall–Kier alpha value is -3.29. The van der Waals surface area contributed by atoms with Crippen molar-refractivity contribution in [1.82, 2.24) is 15.0 Å². The molecule has 4 rings (SSSR count). The standard InChI is InChI=1S/C20H22F3N7O3S/c1-19(2)17(24)30-20(3,12-6-7-27-34(12,19)32)15-10(21)4-5-13(28-15)29-16(31)11-8-26-14(9-25-11)33-18(22)23/h4-5,8-9,12,18H,6-7H2,1-3H3,(H2,24,30)(H,28,29,31)/t12-,20-,34?/m0/s1. The number of hydrogen-bond donors (Lipinski definition) is 2. The van der Waals surface area contributed by atoms with Crippen LogP contribution in [0.2, 0.25) is 0 Å². The van der Waals surface area contributed by atoms with Gasteiger partial charge in [-0.3, -0.25) is 9.79 Å². The topological polar surface area (TPSA) is 145 Å². The summed E-state index contributed by atoms with van der Waals surface area (Å²) in [5.41, 5.74) is 4.45. The molecule has 0 saturated heterocycles. The summed E-state index contributed by atoms with van der Waals surface area (Å²) >= 11 is 0. The molecule has 182 valence electrons. The molecule has 0 saturated carbocycles. The van der Waals surface area contributed by atoms with E-state index in [1.807, 2.05) is 0 Å². The molecule has 34 heavy (non-hydrogen) atoms. The van der Waals surface area contributed by atoms with Crippen LogP contribution < -0.4 is 15.8 Å². The lowest BCUT2D eigenvalue weighted by Gasteiger charge is -2.44. The number of carbonyl (C=O) groups excluding carboxylic acids is 1. The largest absolute Gasteiger partial charge is 0.415 e. The first-order valence-electron chi connectivity index (χ1n) is 10.2. The molecule has 3 atom stereocenters. The van der Waals surface area contributed by atoms with E-state index in [1.54, 1.807) is 20.8 Å². The van der Waals surface area contributed by atoms with E-state index in [-0.39, 0.29) is 23.0 Å². The maximum Gasteiger partial charge on any atom is 0.388 e.